The molecule has 1 aliphatic carbocycles. The van der Waals surface area contributed by atoms with Crippen LogP contribution >= 0.6 is 0 Å². The number of anilines is 1. The molecule has 3 aromatic rings. The molecule has 0 aromatic heterocycles. The number of rotatable bonds is 3. The van der Waals surface area contributed by atoms with Crippen molar-refractivity contribution in [3.8, 4) is 0 Å². The van der Waals surface area contributed by atoms with Crippen molar-refractivity contribution in [3.63, 3.8) is 0 Å². The lowest BCUT2D eigenvalue weighted by atomic mass is 9.90. The third kappa shape index (κ3) is 2.33. The van der Waals surface area contributed by atoms with E-state index in [1.165, 1.54) is 32.8 Å². The minimum absolute atomic E-state index is 0.365. The summed E-state index contributed by atoms with van der Waals surface area (Å²) in [5, 5.41) is 5.30. The Balaban J connectivity index is 2.07. The van der Waals surface area contributed by atoms with Crippen LogP contribution in [-0.2, 0) is 0 Å². The first-order valence-corrected chi connectivity index (χ1v) is 8.29. The van der Waals surface area contributed by atoms with Crippen molar-refractivity contribution in [1.29, 1.82) is 0 Å². The first-order chi connectivity index (χ1) is 11.3. The van der Waals surface area contributed by atoms with E-state index in [9.17, 15) is 0 Å². The summed E-state index contributed by atoms with van der Waals surface area (Å²) < 4.78 is 0. The van der Waals surface area contributed by atoms with Gasteiger partial charge in [-0.05, 0) is 52.2 Å². The van der Waals surface area contributed by atoms with Gasteiger partial charge in [0.05, 0.1) is 0 Å². The Bertz CT molecular complexity index is 921. The van der Waals surface area contributed by atoms with Crippen LogP contribution in [0.1, 0.15) is 18.4 Å². The number of hydrogen-bond acceptors (Lipinski definition) is 1. The van der Waals surface area contributed by atoms with Gasteiger partial charge >= 0.3 is 0 Å². The number of benzene rings is 3. The van der Waals surface area contributed by atoms with E-state index in [1.807, 2.05) is 0 Å². The summed E-state index contributed by atoms with van der Waals surface area (Å²) >= 11 is 0. The summed E-state index contributed by atoms with van der Waals surface area (Å²) in [5.74, 6) is 0.365. The normalized spacial score (nSPS) is 14.2. The minimum atomic E-state index is 0.365. The van der Waals surface area contributed by atoms with Crippen molar-refractivity contribution in [2.24, 2.45) is 0 Å². The molecule has 0 saturated heterocycles. The molecule has 0 N–H and O–H groups in total. The van der Waals surface area contributed by atoms with E-state index in [4.69, 9.17) is 0 Å². The zero-order chi connectivity index (χ0) is 15.8. The first-order valence-electron chi connectivity index (χ1n) is 8.29. The summed E-state index contributed by atoms with van der Waals surface area (Å²) in [4.78, 5) is 2.34. The maximum atomic E-state index is 2.35. The molecular weight excluding hydrogens is 278 g/mol. The third-order valence-electron chi connectivity index (χ3n) is 4.87. The van der Waals surface area contributed by atoms with Crippen LogP contribution in [-0.4, -0.2) is 13.6 Å². The van der Waals surface area contributed by atoms with E-state index in [0.29, 0.717) is 5.92 Å². The van der Waals surface area contributed by atoms with Gasteiger partial charge in [-0.15, -0.1) is 0 Å². The Morgan fingerprint density at radius 2 is 1.57 bits per heavy atom. The molecule has 0 spiro atoms. The van der Waals surface area contributed by atoms with Crippen LogP contribution < -0.4 is 4.90 Å². The zero-order valence-corrected chi connectivity index (χ0v) is 13.7. The van der Waals surface area contributed by atoms with Crippen LogP contribution in [0.2, 0.25) is 0 Å². The smallest absolute Gasteiger partial charge is 0.0411 e. The van der Waals surface area contributed by atoms with Gasteiger partial charge in [0.1, 0.15) is 0 Å². The number of hydrogen-bond donors (Lipinski definition) is 0. The second-order valence-corrected chi connectivity index (χ2v) is 6.23. The van der Waals surface area contributed by atoms with E-state index in [0.717, 1.165) is 6.54 Å². The molecule has 0 atom stereocenters. The van der Waals surface area contributed by atoms with Crippen LogP contribution in [0.3, 0.4) is 0 Å². The lowest BCUT2D eigenvalue weighted by Gasteiger charge is -2.24. The fourth-order valence-corrected chi connectivity index (χ4v) is 3.50. The topological polar surface area (TPSA) is 3.24 Å². The quantitative estimate of drug-likeness (QED) is 0.564. The molecule has 3 aromatic carbocycles. The maximum Gasteiger partial charge on any atom is 0.0411 e. The van der Waals surface area contributed by atoms with E-state index in [2.05, 4.69) is 91.7 Å². The standard InChI is InChI=1S/C22H21N/c1-3-23(2)21-13-12-19-14-17-10-6-7-11-18(17)15-20(19)22(21)16-8-4-5-9-16/h4-16H,3H2,1-2H3. The van der Waals surface area contributed by atoms with Gasteiger partial charge in [-0.25, -0.2) is 0 Å². The second-order valence-electron chi connectivity index (χ2n) is 6.23. The SMILES string of the molecule is CCN(C)c1ccc2cc3ccccc3cc2c1C1C=CC=C1. The highest BCUT2D eigenvalue weighted by Gasteiger charge is 2.18. The first kappa shape index (κ1) is 14.1. The van der Waals surface area contributed by atoms with Crippen LogP contribution in [0, 0.1) is 0 Å². The second kappa shape index (κ2) is 5.58. The fraction of sp³-hybridized carbons (Fsp3) is 0.182. The molecule has 0 aliphatic heterocycles. The van der Waals surface area contributed by atoms with E-state index in [-0.39, 0.29) is 0 Å². The highest BCUT2D eigenvalue weighted by Crippen LogP contribution is 2.38. The van der Waals surface area contributed by atoms with Crippen LogP contribution in [0.25, 0.3) is 21.5 Å². The predicted molar refractivity (Wildman–Crippen MR) is 101 cm³/mol. The largest absolute Gasteiger partial charge is 0.375 e. The number of fused-ring (bicyclic) bond motifs is 2. The molecule has 0 bridgehead atoms. The van der Waals surface area contributed by atoms with Gasteiger partial charge in [-0.3, -0.25) is 0 Å². The van der Waals surface area contributed by atoms with E-state index < -0.39 is 0 Å². The Kier molecular flexibility index (Phi) is 3.42. The summed E-state index contributed by atoms with van der Waals surface area (Å²) in [5.41, 5.74) is 2.75. The summed E-state index contributed by atoms with van der Waals surface area (Å²) in [6, 6.07) is 17.8. The molecule has 0 saturated carbocycles. The molecule has 0 fully saturated rings. The molecular formula is C22H21N. The summed E-state index contributed by atoms with van der Waals surface area (Å²) in [6.07, 6.45) is 8.88. The lowest BCUT2D eigenvalue weighted by molar-refractivity contribution is 0.948. The van der Waals surface area contributed by atoms with Crippen molar-refractivity contribution >= 4 is 27.2 Å². The average molecular weight is 299 g/mol. The monoisotopic (exact) mass is 299 g/mol. The Labute approximate surface area is 137 Å². The number of allylic oxidation sites excluding steroid dienone is 4. The highest BCUT2D eigenvalue weighted by atomic mass is 15.1. The van der Waals surface area contributed by atoms with Crippen molar-refractivity contribution in [1.82, 2.24) is 0 Å². The molecule has 0 heterocycles. The zero-order valence-electron chi connectivity index (χ0n) is 13.7. The van der Waals surface area contributed by atoms with Gasteiger partial charge in [0, 0.05) is 25.2 Å². The van der Waals surface area contributed by atoms with Gasteiger partial charge in [-0.2, -0.15) is 0 Å². The Morgan fingerprint density at radius 3 is 2.26 bits per heavy atom. The highest BCUT2D eigenvalue weighted by molar-refractivity contribution is 6.02. The van der Waals surface area contributed by atoms with Crippen LogP contribution in [0.4, 0.5) is 5.69 Å². The Morgan fingerprint density at radius 1 is 0.870 bits per heavy atom. The van der Waals surface area contributed by atoms with Crippen LogP contribution in [0.5, 0.6) is 0 Å². The molecule has 23 heavy (non-hydrogen) atoms. The molecule has 114 valence electrons. The molecule has 0 amide bonds. The summed E-state index contributed by atoms with van der Waals surface area (Å²) in [6.45, 7) is 3.21. The van der Waals surface area contributed by atoms with Crippen molar-refractivity contribution < 1.29 is 0 Å². The molecule has 0 unspecified atom stereocenters. The number of nitrogens with zero attached hydrogens (tertiary/aromatic N) is 1. The summed E-state index contributed by atoms with van der Waals surface area (Å²) in [7, 11) is 2.17. The Hall–Kier alpha value is -2.54. The maximum absolute atomic E-state index is 2.35. The van der Waals surface area contributed by atoms with Crippen molar-refractivity contribution in [2.75, 3.05) is 18.5 Å². The van der Waals surface area contributed by atoms with Gasteiger partial charge in [-0.1, -0.05) is 54.6 Å². The molecule has 4 rings (SSSR count). The predicted octanol–water partition coefficient (Wildman–Crippen LogP) is 5.66. The van der Waals surface area contributed by atoms with Gasteiger partial charge in [0.15, 0.2) is 0 Å². The van der Waals surface area contributed by atoms with Gasteiger partial charge < -0.3 is 4.90 Å². The molecule has 1 heteroatoms. The van der Waals surface area contributed by atoms with E-state index >= 15 is 0 Å². The average Bonchev–Trinajstić information content (AvgIpc) is 3.12. The minimum Gasteiger partial charge on any atom is -0.375 e. The lowest BCUT2D eigenvalue weighted by Crippen LogP contribution is -2.18. The molecule has 1 nitrogen and oxygen atoms in total. The van der Waals surface area contributed by atoms with Crippen LogP contribution in [0.15, 0.2) is 72.8 Å². The third-order valence-corrected chi connectivity index (χ3v) is 4.87. The van der Waals surface area contributed by atoms with Crippen molar-refractivity contribution in [3.05, 3.63) is 78.4 Å². The molecule has 0 radical (unpaired) electrons. The van der Waals surface area contributed by atoms with E-state index in [1.54, 1.807) is 0 Å². The van der Waals surface area contributed by atoms with Crippen molar-refractivity contribution in [2.45, 2.75) is 12.8 Å². The molecule has 1 aliphatic rings. The van der Waals surface area contributed by atoms with Gasteiger partial charge in [0.2, 0.25) is 0 Å². The fourth-order valence-electron chi connectivity index (χ4n) is 3.50. The van der Waals surface area contributed by atoms with Gasteiger partial charge in [0.25, 0.3) is 0 Å².